The van der Waals surface area contributed by atoms with Crippen molar-refractivity contribution in [3.63, 3.8) is 0 Å². The van der Waals surface area contributed by atoms with Gasteiger partial charge in [-0.1, -0.05) is 43.7 Å². The van der Waals surface area contributed by atoms with Gasteiger partial charge in [-0.25, -0.2) is 0 Å². The molecule has 0 unspecified atom stereocenters. The Hall–Kier alpha value is -1.81. The minimum atomic E-state index is -0.222. The molecule has 22 heavy (non-hydrogen) atoms. The van der Waals surface area contributed by atoms with Crippen molar-refractivity contribution in [1.82, 2.24) is 4.90 Å². The maximum absolute atomic E-state index is 12.7. The summed E-state index contributed by atoms with van der Waals surface area (Å²) in [6.07, 6.45) is 1.58. The second kappa shape index (κ2) is 6.53. The molecule has 1 aromatic carbocycles. The third-order valence-corrected chi connectivity index (χ3v) is 4.53. The predicted molar refractivity (Wildman–Crippen MR) is 92.5 cm³/mol. The standard InChI is InChI=1S/C18H21NO2S/c1-6-9-19-17(20)15(16(18(19)21)22-11(2)3)14-8-7-12(4)10-13(14)5/h6-8,10-11H,1,9H2,2-5H3. The fourth-order valence-corrected chi connectivity index (χ4v) is 3.52. The van der Waals surface area contributed by atoms with Crippen molar-refractivity contribution in [1.29, 1.82) is 0 Å². The highest BCUT2D eigenvalue weighted by atomic mass is 32.2. The number of hydrogen-bond donors (Lipinski definition) is 0. The highest BCUT2D eigenvalue weighted by Crippen LogP contribution is 2.38. The molecule has 1 heterocycles. The van der Waals surface area contributed by atoms with Gasteiger partial charge in [-0.15, -0.1) is 18.3 Å². The molecule has 0 spiro atoms. The quantitative estimate of drug-likeness (QED) is 0.614. The van der Waals surface area contributed by atoms with Crippen LogP contribution >= 0.6 is 11.8 Å². The number of thioether (sulfide) groups is 1. The average molecular weight is 315 g/mol. The Kier molecular flexibility index (Phi) is 4.91. The van der Waals surface area contributed by atoms with Crippen molar-refractivity contribution in [2.45, 2.75) is 32.9 Å². The third kappa shape index (κ3) is 3.02. The van der Waals surface area contributed by atoms with Crippen LogP contribution in [0.5, 0.6) is 0 Å². The summed E-state index contributed by atoms with van der Waals surface area (Å²) < 4.78 is 0. The lowest BCUT2D eigenvalue weighted by molar-refractivity contribution is -0.135. The van der Waals surface area contributed by atoms with Gasteiger partial charge >= 0.3 is 0 Å². The molecule has 3 nitrogen and oxygen atoms in total. The molecule has 1 aromatic rings. The van der Waals surface area contributed by atoms with E-state index in [0.29, 0.717) is 10.5 Å². The van der Waals surface area contributed by atoms with Gasteiger partial charge in [0.25, 0.3) is 11.8 Å². The van der Waals surface area contributed by atoms with Gasteiger partial charge in [-0.3, -0.25) is 14.5 Å². The lowest BCUT2D eigenvalue weighted by Crippen LogP contribution is -2.31. The van der Waals surface area contributed by atoms with Crippen LogP contribution in [-0.4, -0.2) is 28.5 Å². The fraction of sp³-hybridized carbons (Fsp3) is 0.333. The summed E-state index contributed by atoms with van der Waals surface area (Å²) in [6.45, 7) is 11.9. The van der Waals surface area contributed by atoms with E-state index in [0.717, 1.165) is 16.7 Å². The first-order valence-electron chi connectivity index (χ1n) is 7.32. The van der Waals surface area contributed by atoms with E-state index in [9.17, 15) is 9.59 Å². The molecule has 0 radical (unpaired) electrons. The number of hydrogen-bond acceptors (Lipinski definition) is 3. The van der Waals surface area contributed by atoms with E-state index in [1.54, 1.807) is 6.08 Å². The fourth-order valence-electron chi connectivity index (χ4n) is 2.53. The van der Waals surface area contributed by atoms with E-state index in [1.807, 2.05) is 45.9 Å². The molecule has 2 amide bonds. The molecule has 0 aliphatic carbocycles. The first kappa shape index (κ1) is 16.6. The Morgan fingerprint density at radius 2 is 1.91 bits per heavy atom. The minimum absolute atomic E-state index is 0.210. The summed E-state index contributed by atoms with van der Waals surface area (Å²) in [5, 5.41) is 0.233. The topological polar surface area (TPSA) is 37.4 Å². The van der Waals surface area contributed by atoms with Gasteiger partial charge in [0.2, 0.25) is 0 Å². The van der Waals surface area contributed by atoms with E-state index in [2.05, 4.69) is 6.58 Å². The van der Waals surface area contributed by atoms with Gasteiger partial charge in [-0.2, -0.15) is 0 Å². The predicted octanol–water partition coefficient (Wildman–Crippen LogP) is 3.71. The summed E-state index contributed by atoms with van der Waals surface area (Å²) in [4.78, 5) is 27.1. The summed E-state index contributed by atoms with van der Waals surface area (Å²) in [7, 11) is 0. The Balaban J connectivity index is 2.59. The van der Waals surface area contributed by atoms with Crippen LogP contribution in [0.4, 0.5) is 0 Å². The van der Waals surface area contributed by atoms with E-state index in [1.165, 1.54) is 16.7 Å². The molecular weight excluding hydrogens is 294 g/mol. The number of amides is 2. The number of aryl methyl sites for hydroxylation is 2. The zero-order valence-electron chi connectivity index (χ0n) is 13.5. The van der Waals surface area contributed by atoms with E-state index < -0.39 is 0 Å². The number of benzene rings is 1. The molecule has 0 saturated carbocycles. The molecule has 2 rings (SSSR count). The number of rotatable bonds is 5. The van der Waals surface area contributed by atoms with E-state index in [-0.39, 0.29) is 23.6 Å². The van der Waals surface area contributed by atoms with Crippen molar-refractivity contribution in [2.75, 3.05) is 6.54 Å². The van der Waals surface area contributed by atoms with Crippen LogP contribution in [0.2, 0.25) is 0 Å². The average Bonchev–Trinajstić information content (AvgIpc) is 2.64. The Bertz CT molecular complexity index is 674. The van der Waals surface area contributed by atoms with Gasteiger partial charge in [0.15, 0.2) is 0 Å². The Morgan fingerprint density at radius 3 is 2.45 bits per heavy atom. The maximum atomic E-state index is 12.7. The summed E-state index contributed by atoms with van der Waals surface area (Å²) in [6, 6.07) is 5.94. The molecule has 0 aromatic heterocycles. The number of imide groups is 1. The largest absolute Gasteiger partial charge is 0.270 e. The van der Waals surface area contributed by atoms with Crippen LogP contribution in [-0.2, 0) is 9.59 Å². The van der Waals surface area contributed by atoms with Crippen molar-refractivity contribution in [3.8, 4) is 0 Å². The van der Waals surface area contributed by atoms with Gasteiger partial charge < -0.3 is 0 Å². The molecule has 0 fully saturated rings. The summed E-state index contributed by atoms with van der Waals surface area (Å²) in [5.41, 5.74) is 3.53. The molecule has 0 N–H and O–H groups in total. The first-order chi connectivity index (χ1) is 10.4. The molecule has 0 bridgehead atoms. The lowest BCUT2D eigenvalue weighted by Gasteiger charge is -2.12. The number of carbonyl (C=O) groups excluding carboxylic acids is 2. The molecular formula is C18H21NO2S. The Morgan fingerprint density at radius 1 is 1.23 bits per heavy atom. The zero-order chi connectivity index (χ0) is 16.4. The normalized spacial score (nSPS) is 15.2. The van der Waals surface area contributed by atoms with Gasteiger partial charge in [0.1, 0.15) is 0 Å². The molecule has 1 aliphatic rings. The highest BCUT2D eigenvalue weighted by Gasteiger charge is 2.39. The number of carbonyl (C=O) groups is 2. The zero-order valence-corrected chi connectivity index (χ0v) is 14.3. The van der Waals surface area contributed by atoms with Crippen LogP contribution in [0.1, 0.15) is 30.5 Å². The summed E-state index contributed by atoms with van der Waals surface area (Å²) >= 11 is 1.45. The van der Waals surface area contributed by atoms with Gasteiger partial charge in [0.05, 0.1) is 10.5 Å². The van der Waals surface area contributed by atoms with E-state index in [4.69, 9.17) is 0 Å². The number of nitrogens with zero attached hydrogens (tertiary/aromatic N) is 1. The first-order valence-corrected chi connectivity index (χ1v) is 8.20. The smallest absolute Gasteiger partial charge is 0.268 e. The van der Waals surface area contributed by atoms with Crippen LogP contribution in [0.15, 0.2) is 35.8 Å². The molecule has 116 valence electrons. The maximum Gasteiger partial charge on any atom is 0.268 e. The van der Waals surface area contributed by atoms with Crippen molar-refractivity contribution >= 4 is 29.1 Å². The molecule has 0 saturated heterocycles. The SMILES string of the molecule is C=CCN1C(=O)C(SC(C)C)=C(c2ccc(C)cc2C)C1=O. The molecule has 0 atom stereocenters. The second-order valence-corrected chi connectivity index (χ2v) is 7.29. The third-order valence-electron chi connectivity index (χ3n) is 3.44. The van der Waals surface area contributed by atoms with Crippen molar-refractivity contribution < 1.29 is 9.59 Å². The highest BCUT2D eigenvalue weighted by molar-refractivity contribution is 8.04. The van der Waals surface area contributed by atoms with Crippen LogP contribution in [0.25, 0.3) is 5.57 Å². The van der Waals surface area contributed by atoms with E-state index >= 15 is 0 Å². The molecule has 4 heteroatoms. The van der Waals surface area contributed by atoms with Crippen molar-refractivity contribution in [3.05, 3.63) is 52.4 Å². The second-order valence-electron chi connectivity index (χ2n) is 5.70. The molecule has 1 aliphatic heterocycles. The minimum Gasteiger partial charge on any atom is -0.270 e. The van der Waals surface area contributed by atoms with Gasteiger partial charge in [0, 0.05) is 11.8 Å². The lowest BCUT2D eigenvalue weighted by atomic mass is 9.99. The Labute approximate surface area is 136 Å². The summed E-state index contributed by atoms with van der Waals surface area (Å²) in [5.74, 6) is -0.432. The van der Waals surface area contributed by atoms with Crippen LogP contribution in [0.3, 0.4) is 0 Å². The monoisotopic (exact) mass is 315 g/mol. The van der Waals surface area contributed by atoms with Crippen LogP contribution < -0.4 is 0 Å². The van der Waals surface area contributed by atoms with Crippen molar-refractivity contribution in [2.24, 2.45) is 0 Å². The van der Waals surface area contributed by atoms with Crippen LogP contribution in [0, 0.1) is 13.8 Å². The van der Waals surface area contributed by atoms with Gasteiger partial charge in [-0.05, 0) is 25.0 Å².